The van der Waals surface area contributed by atoms with Gasteiger partial charge in [-0.25, -0.2) is 0 Å². The van der Waals surface area contributed by atoms with Gasteiger partial charge in [0.25, 0.3) is 0 Å². The molecule has 1 atom stereocenters. The van der Waals surface area contributed by atoms with Crippen LogP contribution in [-0.4, -0.2) is 32.4 Å². The highest BCUT2D eigenvalue weighted by Crippen LogP contribution is 2.13. The second-order valence-corrected chi connectivity index (χ2v) is 5.25. The molecule has 0 heterocycles. The second kappa shape index (κ2) is 11.1. The van der Waals surface area contributed by atoms with Gasteiger partial charge < -0.3 is 14.2 Å². The summed E-state index contributed by atoms with van der Waals surface area (Å²) in [4.78, 5) is 11.8. The number of unbranched alkanes of at least 4 members (excludes halogenated alkanes) is 1. The number of methoxy groups -OCH3 is 1. The molecule has 1 rings (SSSR count). The molecule has 1 unspecified atom stereocenters. The van der Waals surface area contributed by atoms with Gasteiger partial charge in [0.05, 0.1) is 13.2 Å². The van der Waals surface area contributed by atoms with Gasteiger partial charge >= 0.3 is 5.97 Å². The van der Waals surface area contributed by atoms with Gasteiger partial charge in [0.2, 0.25) is 0 Å². The summed E-state index contributed by atoms with van der Waals surface area (Å²) in [6.45, 7) is 5.11. The van der Waals surface area contributed by atoms with E-state index in [0.29, 0.717) is 26.1 Å². The SMILES string of the molecule is CCCCC(COC(=O)CCc1ccc(OC)cc1)OCC. The molecule has 0 saturated carbocycles. The lowest BCUT2D eigenvalue weighted by Gasteiger charge is -2.16. The van der Waals surface area contributed by atoms with E-state index in [1.165, 1.54) is 0 Å². The maximum absolute atomic E-state index is 11.8. The Balaban J connectivity index is 2.28. The third kappa shape index (κ3) is 7.46. The van der Waals surface area contributed by atoms with Crippen molar-refractivity contribution in [3.63, 3.8) is 0 Å². The Morgan fingerprint density at radius 2 is 1.91 bits per heavy atom. The Hall–Kier alpha value is -1.55. The van der Waals surface area contributed by atoms with Crippen molar-refractivity contribution in [2.45, 2.75) is 52.1 Å². The minimum absolute atomic E-state index is 0.0230. The molecule has 0 aromatic heterocycles. The molecule has 0 saturated heterocycles. The van der Waals surface area contributed by atoms with Crippen LogP contribution in [0.3, 0.4) is 0 Å². The number of carbonyl (C=O) groups excluding carboxylic acids is 1. The van der Waals surface area contributed by atoms with Crippen molar-refractivity contribution in [2.24, 2.45) is 0 Å². The average Bonchev–Trinajstić information content (AvgIpc) is 2.56. The van der Waals surface area contributed by atoms with Crippen molar-refractivity contribution in [2.75, 3.05) is 20.3 Å². The van der Waals surface area contributed by atoms with Crippen LogP contribution in [-0.2, 0) is 20.7 Å². The monoisotopic (exact) mass is 308 g/mol. The molecule has 4 nitrogen and oxygen atoms in total. The van der Waals surface area contributed by atoms with E-state index >= 15 is 0 Å². The molecule has 0 aliphatic heterocycles. The van der Waals surface area contributed by atoms with E-state index < -0.39 is 0 Å². The van der Waals surface area contributed by atoms with Crippen LogP contribution < -0.4 is 4.74 Å². The summed E-state index contributed by atoms with van der Waals surface area (Å²) in [5.74, 6) is 0.652. The Kier molecular flexibility index (Phi) is 9.31. The highest BCUT2D eigenvalue weighted by atomic mass is 16.6. The molecule has 22 heavy (non-hydrogen) atoms. The Bertz CT molecular complexity index is 414. The Morgan fingerprint density at radius 3 is 2.50 bits per heavy atom. The number of ether oxygens (including phenoxy) is 3. The summed E-state index contributed by atoms with van der Waals surface area (Å²) in [7, 11) is 1.64. The molecule has 0 aliphatic carbocycles. The minimum Gasteiger partial charge on any atom is -0.497 e. The smallest absolute Gasteiger partial charge is 0.306 e. The van der Waals surface area contributed by atoms with Crippen molar-refractivity contribution in [1.82, 2.24) is 0 Å². The molecule has 0 bridgehead atoms. The van der Waals surface area contributed by atoms with Crippen LogP contribution in [0, 0.1) is 0 Å². The molecular formula is C18H28O4. The van der Waals surface area contributed by atoms with Crippen molar-refractivity contribution in [3.8, 4) is 5.75 Å². The zero-order valence-corrected chi connectivity index (χ0v) is 14.0. The average molecular weight is 308 g/mol. The van der Waals surface area contributed by atoms with Crippen molar-refractivity contribution >= 4 is 5.97 Å². The fourth-order valence-corrected chi connectivity index (χ4v) is 2.18. The van der Waals surface area contributed by atoms with Gasteiger partial charge in [0, 0.05) is 13.0 Å². The molecule has 1 aromatic carbocycles. The van der Waals surface area contributed by atoms with Crippen LogP contribution in [0.15, 0.2) is 24.3 Å². The summed E-state index contributed by atoms with van der Waals surface area (Å²) in [5.41, 5.74) is 1.10. The fraction of sp³-hybridized carbons (Fsp3) is 0.611. The zero-order chi connectivity index (χ0) is 16.2. The number of esters is 1. The number of benzene rings is 1. The first-order chi connectivity index (χ1) is 10.7. The first-order valence-corrected chi connectivity index (χ1v) is 8.09. The largest absolute Gasteiger partial charge is 0.497 e. The van der Waals surface area contributed by atoms with Crippen LogP contribution >= 0.6 is 0 Å². The quantitative estimate of drug-likeness (QED) is 0.584. The predicted octanol–water partition coefficient (Wildman–Crippen LogP) is 3.77. The van der Waals surface area contributed by atoms with Crippen LogP contribution in [0.25, 0.3) is 0 Å². The first kappa shape index (κ1) is 18.5. The number of hydrogen-bond acceptors (Lipinski definition) is 4. The molecule has 1 aromatic rings. The van der Waals surface area contributed by atoms with Gasteiger partial charge in [-0.3, -0.25) is 4.79 Å². The standard InChI is InChI=1S/C18H28O4/c1-4-6-7-17(21-5-2)14-22-18(19)13-10-15-8-11-16(20-3)12-9-15/h8-9,11-12,17H,4-7,10,13-14H2,1-3H3. The third-order valence-electron chi connectivity index (χ3n) is 3.49. The van der Waals surface area contributed by atoms with E-state index in [1.54, 1.807) is 7.11 Å². The Morgan fingerprint density at radius 1 is 1.18 bits per heavy atom. The molecule has 0 N–H and O–H groups in total. The van der Waals surface area contributed by atoms with Gasteiger partial charge in [-0.2, -0.15) is 0 Å². The fourth-order valence-electron chi connectivity index (χ4n) is 2.18. The van der Waals surface area contributed by atoms with E-state index in [-0.39, 0.29) is 12.1 Å². The molecule has 0 fully saturated rings. The molecule has 4 heteroatoms. The Labute approximate surface area is 133 Å². The molecule has 0 radical (unpaired) electrons. The maximum atomic E-state index is 11.8. The summed E-state index contributed by atoms with van der Waals surface area (Å²) < 4.78 is 16.0. The van der Waals surface area contributed by atoms with Crippen LogP contribution in [0.5, 0.6) is 5.75 Å². The van der Waals surface area contributed by atoms with Crippen LogP contribution in [0.4, 0.5) is 0 Å². The first-order valence-electron chi connectivity index (χ1n) is 8.09. The van der Waals surface area contributed by atoms with E-state index in [0.717, 1.165) is 30.6 Å². The van der Waals surface area contributed by atoms with Crippen LogP contribution in [0.1, 0.15) is 45.1 Å². The summed E-state index contributed by atoms with van der Waals surface area (Å²) in [6, 6.07) is 7.74. The van der Waals surface area contributed by atoms with Crippen LogP contribution in [0.2, 0.25) is 0 Å². The normalized spacial score (nSPS) is 12.0. The number of carbonyl (C=O) groups is 1. The predicted molar refractivity (Wildman–Crippen MR) is 87.2 cm³/mol. The third-order valence-corrected chi connectivity index (χ3v) is 3.49. The zero-order valence-electron chi connectivity index (χ0n) is 14.0. The second-order valence-electron chi connectivity index (χ2n) is 5.25. The molecular weight excluding hydrogens is 280 g/mol. The van der Waals surface area contributed by atoms with Crippen molar-refractivity contribution in [3.05, 3.63) is 29.8 Å². The van der Waals surface area contributed by atoms with E-state index in [2.05, 4.69) is 6.92 Å². The summed E-state index contributed by atoms with van der Waals surface area (Å²) >= 11 is 0. The lowest BCUT2D eigenvalue weighted by molar-refractivity contribution is -0.148. The molecule has 124 valence electrons. The van der Waals surface area contributed by atoms with Gasteiger partial charge in [0.1, 0.15) is 12.4 Å². The number of hydrogen-bond donors (Lipinski definition) is 0. The topological polar surface area (TPSA) is 44.8 Å². The van der Waals surface area contributed by atoms with Gasteiger partial charge in [-0.15, -0.1) is 0 Å². The minimum atomic E-state index is -0.169. The van der Waals surface area contributed by atoms with Gasteiger partial charge in [0.15, 0.2) is 0 Å². The lowest BCUT2D eigenvalue weighted by Crippen LogP contribution is -2.22. The van der Waals surface area contributed by atoms with E-state index in [1.807, 2.05) is 31.2 Å². The molecule has 0 spiro atoms. The van der Waals surface area contributed by atoms with Gasteiger partial charge in [-0.1, -0.05) is 31.9 Å². The maximum Gasteiger partial charge on any atom is 0.306 e. The van der Waals surface area contributed by atoms with E-state index in [4.69, 9.17) is 14.2 Å². The summed E-state index contributed by atoms with van der Waals surface area (Å²) in [5, 5.41) is 0. The summed E-state index contributed by atoms with van der Waals surface area (Å²) in [6.07, 6.45) is 4.24. The molecule has 0 amide bonds. The van der Waals surface area contributed by atoms with Gasteiger partial charge in [-0.05, 0) is 37.5 Å². The number of rotatable bonds is 11. The van der Waals surface area contributed by atoms with Crippen molar-refractivity contribution < 1.29 is 19.0 Å². The van der Waals surface area contributed by atoms with Crippen molar-refractivity contribution in [1.29, 1.82) is 0 Å². The molecule has 0 aliphatic rings. The highest BCUT2D eigenvalue weighted by Gasteiger charge is 2.11. The lowest BCUT2D eigenvalue weighted by atomic mass is 10.1. The highest BCUT2D eigenvalue weighted by molar-refractivity contribution is 5.69. The van der Waals surface area contributed by atoms with E-state index in [9.17, 15) is 4.79 Å². The number of aryl methyl sites for hydroxylation is 1.